The van der Waals surface area contributed by atoms with Crippen LogP contribution in [-0.2, 0) is 4.79 Å². The fourth-order valence-corrected chi connectivity index (χ4v) is 2.97. The molecule has 0 unspecified atom stereocenters. The first kappa shape index (κ1) is 14.9. The molecule has 2 aromatic rings. The number of amides is 1. The molecule has 1 aromatic carbocycles. The minimum Gasteiger partial charge on any atom is -0.352 e. The first-order valence-corrected chi connectivity index (χ1v) is 8.29. The van der Waals surface area contributed by atoms with Gasteiger partial charge in [-0.05, 0) is 36.6 Å². The van der Waals surface area contributed by atoms with Crippen molar-refractivity contribution in [3.05, 3.63) is 58.3 Å². The zero-order valence-corrected chi connectivity index (χ0v) is 13.0. The summed E-state index contributed by atoms with van der Waals surface area (Å²) in [7, 11) is 0. The molecule has 0 aliphatic heterocycles. The van der Waals surface area contributed by atoms with Crippen molar-refractivity contribution < 1.29 is 4.79 Å². The fourth-order valence-electron chi connectivity index (χ4n) is 1.58. The molecule has 2 rings (SSSR count). The van der Waals surface area contributed by atoms with Crippen molar-refractivity contribution in [2.75, 3.05) is 12.3 Å². The summed E-state index contributed by atoms with van der Waals surface area (Å²) in [6, 6.07) is 12.4. The Bertz CT molecular complexity index is 559. The van der Waals surface area contributed by atoms with Crippen LogP contribution in [0.2, 0.25) is 0 Å². The monoisotopic (exact) mass is 303 g/mol. The van der Waals surface area contributed by atoms with Crippen LogP contribution in [0.25, 0.3) is 6.08 Å². The summed E-state index contributed by atoms with van der Waals surface area (Å²) in [4.78, 5) is 13.9. The molecule has 1 N–H and O–H groups in total. The molecule has 1 heterocycles. The van der Waals surface area contributed by atoms with Gasteiger partial charge in [-0.15, -0.1) is 23.1 Å². The van der Waals surface area contributed by atoms with Gasteiger partial charge in [-0.25, -0.2) is 0 Å². The standard InChI is InChI=1S/C16H17NOS2/c1-13-4-6-15(7-5-13)20-12-10-17-16(18)9-8-14-3-2-11-19-14/h2-9,11H,10,12H2,1H3,(H,17,18)/b9-8+. The number of rotatable bonds is 6. The van der Waals surface area contributed by atoms with Crippen molar-refractivity contribution in [3.8, 4) is 0 Å². The Morgan fingerprint density at radius 3 is 2.80 bits per heavy atom. The van der Waals surface area contributed by atoms with E-state index in [1.165, 1.54) is 10.5 Å². The highest BCUT2D eigenvalue weighted by Crippen LogP contribution is 2.17. The van der Waals surface area contributed by atoms with Crippen molar-refractivity contribution >= 4 is 35.1 Å². The van der Waals surface area contributed by atoms with E-state index in [-0.39, 0.29) is 5.91 Å². The Kier molecular flexibility index (Phi) is 5.89. The van der Waals surface area contributed by atoms with Gasteiger partial charge >= 0.3 is 0 Å². The van der Waals surface area contributed by atoms with E-state index in [1.54, 1.807) is 29.2 Å². The van der Waals surface area contributed by atoms with Crippen molar-refractivity contribution in [2.45, 2.75) is 11.8 Å². The predicted octanol–water partition coefficient (Wildman–Crippen LogP) is 3.98. The van der Waals surface area contributed by atoms with Gasteiger partial charge in [0.05, 0.1) is 0 Å². The molecule has 0 fully saturated rings. The molecule has 1 amide bonds. The first-order valence-electron chi connectivity index (χ1n) is 6.43. The van der Waals surface area contributed by atoms with Crippen LogP contribution >= 0.6 is 23.1 Å². The minimum atomic E-state index is -0.0390. The molecule has 20 heavy (non-hydrogen) atoms. The average molecular weight is 303 g/mol. The normalized spacial score (nSPS) is 10.8. The quantitative estimate of drug-likeness (QED) is 0.497. The zero-order chi connectivity index (χ0) is 14.2. The van der Waals surface area contributed by atoms with E-state index in [1.807, 2.05) is 23.6 Å². The lowest BCUT2D eigenvalue weighted by atomic mass is 10.2. The van der Waals surface area contributed by atoms with E-state index in [4.69, 9.17) is 0 Å². The van der Waals surface area contributed by atoms with Gasteiger partial charge in [0, 0.05) is 28.1 Å². The maximum absolute atomic E-state index is 11.6. The summed E-state index contributed by atoms with van der Waals surface area (Å²) in [5.74, 6) is 0.838. The molecule has 1 aromatic heterocycles. The number of nitrogens with one attached hydrogen (secondary N) is 1. The number of aryl methyl sites for hydroxylation is 1. The molecule has 4 heteroatoms. The van der Waals surface area contributed by atoms with E-state index in [0.717, 1.165) is 10.6 Å². The van der Waals surface area contributed by atoms with Crippen molar-refractivity contribution in [1.29, 1.82) is 0 Å². The number of thiophene rings is 1. The van der Waals surface area contributed by atoms with Crippen LogP contribution in [0.15, 0.2) is 52.7 Å². The van der Waals surface area contributed by atoms with Gasteiger partial charge < -0.3 is 5.32 Å². The molecule has 0 aliphatic rings. The Balaban J connectivity index is 1.65. The number of benzene rings is 1. The second-order valence-electron chi connectivity index (χ2n) is 4.30. The van der Waals surface area contributed by atoms with Gasteiger partial charge in [-0.3, -0.25) is 4.79 Å². The second kappa shape index (κ2) is 7.92. The summed E-state index contributed by atoms with van der Waals surface area (Å²) in [6.07, 6.45) is 3.43. The maximum Gasteiger partial charge on any atom is 0.244 e. The Morgan fingerprint density at radius 2 is 2.10 bits per heavy atom. The van der Waals surface area contributed by atoms with E-state index >= 15 is 0 Å². The van der Waals surface area contributed by atoms with Crippen LogP contribution in [0.4, 0.5) is 0 Å². The number of thioether (sulfide) groups is 1. The van der Waals surface area contributed by atoms with Gasteiger partial charge in [-0.1, -0.05) is 23.8 Å². The summed E-state index contributed by atoms with van der Waals surface area (Å²) in [6.45, 7) is 2.75. The van der Waals surface area contributed by atoms with Crippen LogP contribution in [0.1, 0.15) is 10.4 Å². The molecule has 0 radical (unpaired) electrons. The average Bonchev–Trinajstić information content (AvgIpc) is 2.96. The maximum atomic E-state index is 11.6. The summed E-state index contributed by atoms with van der Waals surface area (Å²) >= 11 is 3.37. The zero-order valence-electron chi connectivity index (χ0n) is 11.3. The van der Waals surface area contributed by atoms with Crippen LogP contribution in [0.3, 0.4) is 0 Å². The van der Waals surface area contributed by atoms with Gasteiger partial charge in [0.1, 0.15) is 0 Å². The topological polar surface area (TPSA) is 29.1 Å². The second-order valence-corrected chi connectivity index (χ2v) is 6.45. The molecule has 0 aliphatic carbocycles. The highest BCUT2D eigenvalue weighted by Gasteiger charge is 1.97. The van der Waals surface area contributed by atoms with Crippen LogP contribution in [0.5, 0.6) is 0 Å². The largest absolute Gasteiger partial charge is 0.352 e. The summed E-state index contributed by atoms with van der Waals surface area (Å²) < 4.78 is 0. The molecule has 0 saturated carbocycles. The highest BCUT2D eigenvalue weighted by atomic mass is 32.2. The number of carbonyl (C=O) groups is 1. The molecular formula is C16H17NOS2. The third kappa shape index (κ3) is 5.23. The number of carbonyl (C=O) groups excluding carboxylic acids is 1. The third-order valence-corrected chi connectivity index (χ3v) is 4.48. The molecule has 2 nitrogen and oxygen atoms in total. The van der Waals surface area contributed by atoms with E-state index in [0.29, 0.717) is 6.54 Å². The summed E-state index contributed by atoms with van der Waals surface area (Å²) in [5.41, 5.74) is 1.27. The lowest BCUT2D eigenvalue weighted by Crippen LogP contribution is -2.23. The summed E-state index contributed by atoms with van der Waals surface area (Å²) in [5, 5.41) is 4.88. The van der Waals surface area contributed by atoms with Gasteiger partial charge in [-0.2, -0.15) is 0 Å². The molecule has 0 saturated heterocycles. The van der Waals surface area contributed by atoms with Crippen molar-refractivity contribution in [3.63, 3.8) is 0 Å². The van der Waals surface area contributed by atoms with Crippen molar-refractivity contribution in [1.82, 2.24) is 5.32 Å². The van der Waals surface area contributed by atoms with E-state index in [9.17, 15) is 4.79 Å². The number of hydrogen-bond donors (Lipinski definition) is 1. The molecule has 0 bridgehead atoms. The Labute approximate surface area is 127 Å². The Morgan fingerprint density at radius 1 is 1.30 bits per heavy atom. The lowest BCUT2D eigenvalue weighted by Gasteiger charge is -2.03. The SMILES string of the molecule is Cc1ccc(SCCNC(=O)/C=C/c2cccs2)cc1. The number of hydrogen-bond acceptors (Lipinski definition) is 3. The third-order valence-electron chi connectivity index (χ3n) is 2.63. The van der Waals surface area contributed by atoms with Crippen LogP contribution < -0.4 is 5.32 Å². The van der Waals surface area contributed by atoms with Crippen LogP contribution in [-0.4, -0.2) is 18.2 Å². The van der Waals surface area contributed by atoms with Crippen molar-refractivity contribution in [2.24, 2.45) is 0 Å². The molecule has 0 atom stereocenters. The first-order chi connectivity index (χ1) is 9.74. The molecule has 104 valence electrons. The predicted molar refractivity (Wildman–Crippen MR) is 88.3 cm³/mol. The van der Waals surface area contributed by atoms with Gasteiger partial charge in [0.2, 0.25) is 5.91 Å². The lowest BCUT2D eigenvalue weighted by molar-refractivity contribution is -0.116. The minimum absolute atomic E-state index is 0.0390. The Hall–Kier alpha value is -1.52. The van der Waals surface area contributed by atoms with E-state index < -0.39 is 0 Å². The van der Waals surface area contributed by atoms with Crippen LogP contribution in [0, 0.1) is 6.92 Å². The smallest absolute Gasteiger partial charge is 0.244 e. The molecular weight excluding hydrogens is 286 g/mol. The van der Waals surface area contributed by atoms with Gasteiger partial charge in [0.25, 0.3) is 0 Å². The highest BCUT2D eigenvalue weighted by molar-refractivity contribution is 7.99. The van der Waals surface area contributed by atoms with E-state index in [2.05, 4.69) is 36.5 Å². The van der Waals surface area contributed by atoms with Gasteiger partial charge in [0.15, 0.2) is 0 Å². The molecule has 0 spiro atoms. The fraction of sp³-hybridized carbons (Fsp3) is 0.188.